The minimum atomic E-state index is -0.372. The SMILES string of the molecule is O=C(Nc1ccncc1)c1nc(-c2ccccc2)n(-c2ccccc2)n1. The van der Waals surface area contributed by atoms with E-state index in [1.165, 1.54) is 0 Å². The third-order valence-electron chi connectivity index (χ3n) is 3.78. The Morgan fingerprint density at radius 3 is 2.19 bits per heavy atom. The Bertz CT molecular complexity index is 957. The number of aromatic nitrogens is 4. The number of nitrogens with zero attached hydrogens (tertiary/aromatic N) is 4. The van der Waals surface area contributed by atoms with Gasteiger partial charge in [0.1, 0.15) is 0 Å². The van der Waals surface area contributed by atoms with Crippen molar-refractivity contribution in [2.45, 2.75) is 0 Å². The molecule has 2 aromatic heterocycles. The van der Waals surface area contributed by atoms with Crippen molar-refractivity contribution < 1.29 is 4.79 Å². The van der Waals surface area contributed by atoms with E-state index in [0.29, 0.717) is 11.5 Å². The standard InChI is InChI=1S/C20H15N5O/c26-20(22-16-11-13-21-14-12-16)18-23-19(15-7-3-1-4-8-15)25(24-18)17-9-5-2-6-10-17/h1-14H,(H,21,22,26). The average molecular weight is 341 g/mol. The first-order valence-corrected chi connectivity index (χ1v) is 8.10. The van der Waals surface area contributed by atoms with E-state index in [2.05, 4.69) is 20.4 Å². The molecule has 4 aromatic rings. The van der Waals surface area contributed by atoms with E-state index in [9.17, 15) is 4.79 Å². The minimum Gasteiger partial charge on any atom is -0.319 e. The lowest BCUT2D eigenvalue weighted by molar-refractivity contribution is 0.101. The van der Waals surface area contributed by atoms with Gasteiger partial charge >= 0.3 is 0 Å². The average Bonchev–Trinajstić information content (AvgIpc) is 3.16. The Kier molecular flexibility index (Phi) is 4.22. The van der Waals surface area contributed by atoms with Crippen LogP contribution < -0.4 is 5.32 Å². The number of amides is 1. The molecule has 6 heteroatoms. The van der Waals surface area contributed by atoms with Crippen LogP contribution in [-0.4, -0.2) is 25.7 Å². The molecule has 2 aromatic carbocycles. The Morgan fingerprint density at radius 1 is 0.846 bits per heavy atom. The maximum atomic E-state index is 12.6. The van der Waals surface area contributed by atoms with E-state index in [4.69, 9.17) is 0 Å². The molecule has 0 aliphatic rings. The first-order valence-electron chi connectivity index (χ1n) is 8.10. The topological polar surface area (TPSA) is 72.7 Å². The highest BCUT2D eigenvalue weighted by Gasteiger charge is 2.18. The van der Waals surface area contributed by atoms with E-state index in [0.717, 1.165) is 11.3 Å². The molecule has 0 aliphatic heterocycles. The van der Waals surface area contributed by atoms with Crippen molar-refractivity contribution in [3.8, 4) is 17.1 Å². The van der Waals surface area contributed by atoms with Crippen molar-refractivity contribution in [2.24, 2.45) is 0 Å². The third kappa shape index (κ3) is 3.21. The van der Waals surface area contributed by atoms with Crippen molar-refractivity contribution >= 4 is 11.6 Å². The second-order valence-corrected chi connectivity index (χ2v) is 5.56. The molecule has 0 bridgehead atoms. The zero-order valence-corrected chi connectivity index (χ0v) is 13.8. The lowest BCUT2D eigenvalue weighted by Crippen LogP contribution is -2.14. The highest BCUT2D eigenvalue weighted by Crippen LogP contribution is 2.21. The normalized spacial score (nSPS) is 10.5. The molecule has 6 nitrogen and oxygen atoms in total. The van der Waals surface area contributed by atoms with Gasteiger partial charge in [0.15, 0.2) is 5.82 Å². The first-order chi connectivity index (χ1) is 12.8. The fourth-order valence-electron chi connectivity index (χ4n) is 2.55. The summed E-state index contributed by atoms with van der Waals surface area (Å²) in [5.74, 6) is 0.337. The number of hydrogen-bond acceptors (Lipinski definition) is 4. The molecule has 26 heavy (non-hydrogen) atoms. The van der Waals surface area contributed by atoms with Gasteiger partial charge in [-0.05, 0) is 24.3 Å². The van der Waals surface area contributed by atoms with Gasteiger partial charge in [-0.3, -0.25) is 9.78 Å². The number of para-hydroxylation sites is 1. The number of hydrogen-bond donors (Lipinski definition) is 1. The van der Waals surface area contributed by atoms with Gasteiger partial charge in [-0.2, -0.15) is 0 Å². The summed E-state index contributed by atoms with van der Waals surface area (Å²) < 4.78 is 1.68. The molecular weight excluding hydrogens is 326 g/mol. The number of carbonyl (C=O) groups is 1. The second-order valence-electron chi connectivity index (χ2n) is 5.56. The molecule has 0 fully saturated rings. The summed E-state index contributed by atoms with van der Waals surface area (Å²) in [6.45, 7) is 0. The Morgan fingerprint density at radius 2 is 1.50 bits per heavy atom. The number of anilines is 1. The monoisotopic (exact) mass is 341 g/mol. The molecule has 126 valence electrons. The van der Waals surface area contributed by atoms with Crippen molar-refractivity contribution in [2.75, 3.05) is 5.32 Å². The van der Waals surface area contributed by atoms with Gasteiger partial charge in [0.05, 0.1) is 5.69 Å². The van der Waals surface area contributed by atoms with Gasteiger partial charge in [0.25, 0.3) is 5.91 Å². The van der Waals surface area contributed by atoms with Crippen LogP contribution in [0.4, 0.5) is 5.69 Å². The summed E-state index contributed by atoms with van der Waals surface area (Å²) in [5.41, 5.74) is 2.36. The van der Waals surface area contributed by atoms with Gasteiger partial charge in [-0.15, -0.1) is 5.10 Å². The second kappa shape index (κ2) is 6.98. The largest absolute Gasteiger partial charge is 0.319 e. The molecule has 0 saturated heterocycles. The van der Waals surface area contributed by atoms with Crippen LogP contribution in [0.5, 0.6) is 0 Å². The number of pyridine rings is 1. The molecule has 1 amide bonds. The van der Waals surface area contributed by atoms with Crippen molar-refractivity contribution in [1.82, 2.24) is 19.7 Å². The zero-order valence-electron chi connectivity index (χ0n) is 13.8. The molecule has 0 aliphatic carbocycles. The summed E-state index contributed by atoms with van der Waals surface area (Å²) in [7, 11) is 0. The van der Waals surface area contributed by atoms with Crippen LogP contribution in [0.3, 0.4) is 0 Å². The molecular formula is C20H15N5O. The van der Waals surface area contributed by atoms with Crippen LogP contribution >= 0.6 is 0 Å². The van der Waals surface area contributed by atoms with Gasteiger partial charge in [-0.25, -0.2) is 9.67 Å². The molecule has 0 radical (unpaired) electrons. The van der Waals surface area contributed by atoms with Gasteiger partial charge in [-0.1, -0.05) is 48.5 Å². The maximum absolute atomic E-state index is 12.6. The number of benzene rings is 2. The maximum Gasteiger partial charge on any atom is 0.295 e. The van der Waals surface area contributed by atoms with Crippen LogP contribution in [0.25, 0.3) is 17.1 Å². The van der Waals surface area contributed by atoms with Gasteiger partial charge < -0.3 is 5.32 Å². The molecule has 0 saturated carbocycles. The fraction of sp³-hybridized carbons (Fsp3) is 0. The van der Waals surface area contributed by atoms with Crippen LogP contribution in [0.1, 0.15) is 10.6 Å². The van der Waals surface area contributed by atoms with Gasteiger partial charge in [0, 0.05) is 23.6 Å². The molecule has 0 spiro atoms. The Balaban J connectivity index is 1.75. The lowest BCUT2D eigenvalue weighted by Gasteiger charge is -2.05. The molecule has 1 N–H and O–H groups in total. The predicted molar refractivity (Wildman–Crippen MR) is 99.0 cm³/mol. The number of nitrogens with one attached hydrogen (secondary N) is 1. The van der Waals surface area contributed by atoms with E-state index < -0.39 is 0 Å². The quantitative estimate of drug-likeness (QED) is 0.616. The first kappa shape index (κ1) is 15.7. The fourth-order valence-corrected chi connectivity index (χ4v) is 2.55. The molecule has 0 unspecified atom stereocenters. The number of carbonyl (C=O) groups excluding carboxylic acids is 1. The smallest absolute Gasteiger partial charge is 0.295 e. The summed E-state index contributed by atoms with van der Waals surface area (Å²) in [4.78, 5) is 21.0. The molecule has 0 atom stereocenters. The van der Waals surface area contributed by atoms with E-state index in [1.807, 2.05) is 60.7 Å². The Hall–Kier alpha value is -3.80. The van der Waals surface area contributed by atoms with Crippen LogP contribution in [0.15, 0.2) is 85.2 Å². The van der Waals surface area contributed by atoms with E-state index >= 15 is 0 Å². The van der Waals surface area contributed by atoms with E-state index in [1.54, 1.807) is 29.2 Å². The minimum absolute atomic E-state index is 0.101. The summed E-state index contributed by atoms with van der Waals surface area (Å²) >= 11 is 0. The lowest BCUT2D eigenvalue weighted by atomic mass is 10.2. The summed E-state index contributed by atoms with van der Waals surface area (Å²) in [6, 6.07) is 22.7. The van der Waals surface area contributed by atoms with Crippen LogP contribution in [-0.2, 0) is 0 Å². The highest BCUT2D eigenvalue weighted by atomic mass is 16.2. The van der Waals surface area contributed by atoms with Gasteiger partial charge in [0.2, 0.25) is 5.82 Å². The summed E-state index contributed by atoms with van der Waals surface area (Å²) in [5, 5.41) is 7.22. The number of rotatable bonds is 4. The van der Waals surface area contributed by atoms with Crippen molar-refractivity contribution in [3.63, 3.8) is 0 Å². The van der Waals surface area contributed by atoms with Crippen LogP contribution in [0.2, 0.25) is 0 Å². The Labute approximate surface area is 150 Å². The van der Waals surface area contributed by atoms with Crippen molar-refractivity contribution in [1.29, 1.82) is 0 Å². The predicted octanol–water partition coefficient (Wildman–Crippen LogP) is 3.58. The third-order valence-corrected chi connectivity index (χ3v) is 3.78. The summed E-state index contributed by atoms with van der Waals surface area (Å²) in [6.07, 6.45) is 3.22. The van der Waals surface area contributed by atoms with Crippen molar-refractivity contribution in [3.05, 3.63) is 91.0 Å². The van der Waals surface area contributed by atoms with Crippen LogP contribution in [0, 0.1) is 0 Å². The molecule has 4 rings (SSSR count). The highest BCUT2D eigenvalue weighted by molar-refractivity contribution is 6.01. The molecule has 2 heterocycles. The van der Waals surface area contributed by atoms with E-state index in [-0.39, 0.29) is 11.7 Å². The zero-order chi connectivity index (χ0) is 17.8.